The molecule has 0 atom stereocenters. The van der Waals surface area contributed by atoms with E-state index in [9.17, 15) is 10.1 Å². The van der Waals surface area contributed by atoms with Crippen LogP contribution in [-0.4, -0.2) is 20.2 Å². The molecule has 138 valence electrons. The van der Waals surface area contributed by atoms with Crippen LogP contribution in [0.1, 0.15) is 5.56 Å². The second-order valence-electron chi connectivity index (χ2n) is 6.61. The highest BCUT2D eigenvalue weighted by molar-refractivity contribution is 6.35. The lowest BCUT2D eigenvalue weighted by atomic mass is 9.96. The SMILES string of the molecule is N#Cc1cccc(-c2nc3[nH]ccc(=O)c3cc2-c2cc(Cl)c3[nH]ncc3c2)c1. The van der Waals surface area contributed by atoms with Crippen molar-refractivity contribution in [3.8, 4) is 28.5 Å². The predicted molar refractivity (Wildman–Crippen MR) is 113 cm³/mol. The maximum atomic E-state index is 12.4. The minimum absolute atomic E-state index is 0.125. The Balaban J connectivity index is 1.87. The van der Waals surface area contributed by atoms with Gasteiger partial charge in [-0.25, -0.2) is 4.98 Å². The zero-order valence-corrected chi connectivity index (χ0v) is 15.7. The third-order valence-corrected chi connectivity index (χ3v) is 5.12. The number of rotatable bonds is 2. The molecule has 0 fully saturated rings. The van der Waals surface area contributed by atoms with Gasteiger partial charge < -0.3 is 4.98 Å². The van der Waals surface area contributed by atoms with Crippen LogP contribution in [0.2, 0.25) is 5.02 Å². The highest BCUT2D eigenvalue weighted by atomic mass is 35.5. The molecule has 0 bridgehead atoms. The van der Waals surface area contributed by atoms with Gasteiger partial charge in [-0.3, -0.25) is 9.89 Å². The molecule has 0 amide bonds. The summed E-state index contributed by atoms with van der Waals surface area (Å²) in [7, 11) is 0. The maximum absolute atomic E-state index is 12.4. The molecule has 0 aliphatic carbocycles. The van der Waals surface area contributed by atoms with Gasteiger partial charge in [-0.1, -0.05) is 23.7 Å². The molecule has 0 aliphatic rings. The van der Waals surface area contributed by atoms with Gasteiger partial charge in [0.1, 0.15) is 5.65 Å². The molecule has 6 nitrogen and oxygen atoms in total. The van der Waals surface area contributed by atoms with Crippen LogP contribution < -0.4 is 5.43 Å². The van der Waals surface area contributed by atoms with Crippen LogP contribution in [0.3, 0.4) is 0 Å². The van der Waals surface area contributed by atoms with Crippen LogP contribution in [0.5, 0.6) is 0 Å². The van der Waals surface area contributed by atoms with Crippen molar-refractivity contribution in [1.82, 2.24) is 20.2 Å². The number of hydrogen-bond donors (Lipinski definition) is 2. The summed E-state index contributed by atoms with van der Waals surface area (Å²) < 4.78 is 0. The normalized spacial score (nSPS) is 11.0. The standard InChI is InChI=1S/C22H12ClN5O/c23-18-8-14(7-15-11-26-28-21(15)18)16-9-17-19(29)4-5-25-22(17)27-20(16)13-3-1-2-12(6-13)10-24/h1-9,11H,(H,26,28)(H,25,27,29). The third-order valence-electron chi connectivity index (χ3n) is 4.82. The first-order chi connectivity index (χ1) is 14.1. The first kappa shape index (κ1) is 17.2. The molecule has 29 heavy (non-hydrogen) atoms. The summed E-state index contributed by atoms with van der Waals surface area (Å²) in [5, 5.41) is 18.1. The van der Waals surface area contributed by atoms with Gasteiger partial charge in [0.15, 0.2) is 5.43 Å². The Hall–Kier alpha value is -3.95. The van der Waals surface area contributed by atoms with Gasteiger partial charge in [0, 0.05) is 28.8 Å². The molecular formula is C22H12ClN5O. The average molecular weight is 398 g/mol. The van der Waals surface area contributed by atoms with E-state index in [0.717, 1.165) is 27.6 Å². The van der Waals surface area contributed by atoms with Crippen LogP contribution in [0.15, 0.2) is 65.7 Å². The van der Waals surface area contributed by atoms with Crippen LogP contribution in [0, 0.1) is 11.3 Å². The summed E-state index contributed by atoms with van der Waals surface area (Å²) in [6.45, 7) is 0. The number of nitrogens with zero attached hydrogens (tertiary/aromatic N) is 3. The van der Waals surface area contributed by atoms with E-state index in [0.29, 0.717) is 27.3 Å². The van der Waals surface area contributed by atoms with Crippen molar-refractivity contribution in [1.29, 1.82) is 5.26 Å². The lowest BCUT2D eigenvalue weighted by Gasteiger charge is -2.12. The van der Waals surface area contributed by atoms with Crippen molar-refractivity contribution in [3.05, 3.63) is 81.7 Å². The molecule has 0 spiro atoms. The fourth-order valence-electron chi connectivity index (χ4n) is 3.44. The van der Waals surface area contributed by atoms with Gasteiger partial charge in [-0.05, 0) is 35.9 Å². The van der Waals surface area contributed by atoms with Crippen LogP contribution in [0.25, 0.3) is 44.3 Å². The zero-order chi connectivity index (χ0) is 20.0. The number of nitrogens with one attached hydrogen (secondary N) is 2. The number of halogens is 1. The van der Waals surface area contributed by atoms with Gasteiger partial charge in [-0.15, -0.1) is 0 Å². The van der Waals surface area contributed by atoms with Crippen molar-refractivity contribution in [3.63, 3.8) is 0 Å². The molecule has 5 rings (SSSR count). The van der Waals surface area contributed by atoms with Gasteiger partial charge in [0.05, 0.1) is 39.4 Å². The monoisotopic (exact) mass is 397 g/mol. The molecule has 3 aromatic heterocycles. The Morgan fingerprint density at radius 3 is 2.83 bits per heavy atom. The summed E-state index contributed by atoms with van der Waals surface area (Å²) in [5.41, 5.74) is 4.60. The molecule has 0 unspecified atom stereocenters. The first-order valence-corrected chi connectivity index (χ1v) is 9.18. The summed E-state index contributed by atoms with van der Waals surface area (Å²) in [4.78, 5) is 20.2. The summed E-state index contributed by atoms with van der Waals surface area (Å²) in [5.74, 6) is 0. The van der Waals surface area contributed by atoms with E-state index in [1.54, 1.807) is 24.5 Å². The van der Waals surface area contributed by atoms with Gasteiger partial charge in [0.2, 0.25) is 0 Å². The van der Waals surface area contributed by atoms with Crippen molar-refractivity contribution < 1.29 is 0 Å². The van der Waals surface area contributed by atoms with E-state index in [2.05, 4.69) is 21.3 Å². The Morgan fingerprint density at radius 2 is 1.97 bits per heavy atom. The number of fused-ring (bicyclic) bond motifs is 2. The van der Waals surface area contributed by atoms with Crippen LogP contribution >= 0.6 is 11.6 Å². The van der Waals surface area contributed by atoms with Crippen molar-refractivity contribution in [2.75, 3.05) is 0 Å². The van der Waals surface area contributed by atoms with Gasteiger partial charge in [0.25, 0.3) is 0 Å². The van der Waals surface area contributed by atoms with Gasteiger partial charge >= 0.3 is 0 Å². The molecular weight excluding hydrogens is 386 g/mol. The lowest BCUT2D eigenvalue weighted by Crippen LogP contribution is -2.03. The molecule has 0 saturated carbocycles. The fraction of sp³-hybridized carbons (Fsp3) is 0. The van der Waals surface area contributed by atoms with E-state index in [1.165, 1.54) is 6.07 Å². The van der Waals surface area contributed by atoms with Crippen LogP contribution in [-0.2, 0) is 0 Å². The lowest BCUT2D eigenvalue weighted by molar-refractivity contribution is 1.12. The molecule has 5 aromatic rings. The molecule has 0 radical (unpaired) electrons. The molecule has 2 aromatic carbocycles. The third kappa shape index (κ3) is 2.85. The number of aromatic amines is 2. The van der Waals surface area contributed by atoms with E-state index >= 15 is 0 Å². The molecule has 7 heteroatoms. The zero-order valence-electron chi connectivity index (χ0n) is 14.9. The number of benzene rings is 2. The summed E-state index contributed by atoms with van der Waals surface area (Å²) in [6, 6.07) is 16.4. The maximum Gasteiger partial charge on any atom is 0.191 e. The van der Waals surface area contributed by atoms with E-state index in [1.807, 2.05) is 30.3 Å². The minimum Gasteiger partial charge on any atom is -0.346 e. The van der Waals surface area contributed by atoms with E-state index in [4.69, 9.17) is 16.6 Å². The largest absolute Gasteiger partial charge is 0.346 e. The predicted octanol–water partition coefficient (Wildman–Crippen LogP) is 4.66. The fourth-order valence-corrected chi connectivity index (χ4v) is 3.71. The smallest absolute Gasteiger partial charge is 0.191 e. The number of aromatic nitrogens is 4. The highest BCUT2D eigenvalue weighted by Crippen LogP contribution is 2.36. The molecule has 2 N–H and O–H groups in total. The average Bonchev–Trinajstić information content (AvgIpc) is 3.23. The van der Waals surface area contributed by atoms with Crippen LogP contribution in [0.4, 0.5) is 0 Å². The molecule has 0 aliphatic heterocycles. The van der Waals surface area contributed by atoms with E-state index < -0.39 is 0 Å². The highest BCUT2D eigenvalue weighted by Gasteiger charge is 2.15. The first-order valence-electron chi connectivity index (χ1n) is 8.80. The number of nitriles is 1. The Morgan fingerprint density at radius 1 is 1.07 bits per heavy atom. The second-order valence-corrected chi connectivity index (χ2v) is 7.01. The quantitative estimate of drug-likeness (QED) is 0.452. The molecule has 3 heterocycles. The van der Waals surface area contributed by atoms with Crippen molar-refractivity contribution in [2.24, 2.45) is 0 Å². The summed E-state index contributed by atoms with van der Waals surface area (Å²) in [6.07, 6.45) is 3.27. The van der Waals surface area contributed by atoms with E-state index in [-0.39, 0.29) is 5.43 Å². The Bertz CT molecular complexity index is 1510. The Labute approximate surface area is 169 Å². The van der Waals surface area contributed by atoms with Crippen molar-refractivity contribution in [2.45, 2.75) is 0 Å². The number of hydrogen-bond acceptors (Lipinski definition) is 4. The number of pyridine rings is 2. The topological polar surface area (TPSA) is 98.2 Å². The number of H-pyrrole nitrogens is 2. The minimum atomic E-state index is -0.125. The van der Waals surface area contributed by atoms with Gasteiger partial charge in [-0.2, -0.15) is 10.4 Å². The Kier molecular flexibility index (Phi) is 3.90. The summed E-state index contributed by atoms with van der Waals surface area (Å²) >= 11 is 6.45. The van der Waals surface area contributed by atoms with Crippen molar-refractivity contribution >= 4 is 33.5 Å². The molecule has 0 saturated heterocycles. The second kappa shape index (κ2) is 6.59.